The van der Waals surface area contributed by atoms with Gasteiger partial charge in [0.15, 0.2) is 0 Å². The maximum Gasteiger partial charge on any atom is 0.309 e. The summed E-state index contributed by atoms with van der Waals surface area (Å²) in [6.45, 7) is 3.87. The van der Waals surface area contributed by atoms with Gasteiger partial charge >= 0.3 is 11.8 Å². The third-order valence-electron chi connectivity index (χ3n) is 2.30. The quantitative estimate of drug-likeness (QED) is 0.664. The van der Waals surface area contributed by atoms with Gasteiger partial charge in [0.05, 0.1) is 6.10 Å². The van der Waals surface area contributed by atoms with E-state index in [4.69, 9.17) is 5.11 Å². The van der Waals surface area contributed by atoms with Crippen molar-refractivity contribution in [2.24, 2.45) is 0 Å². The molecule has 0 radical (unpaired) electrons. The molecule has 5 nitrogen and oxygen atoms in total. The van der Waals surface area contributed by atoms with Crippen molar-refractivity contribution in [2.45, 2.75) is 26.5 Å². The lowest BCUT2D eigenvalue weighted by atomic mass is 10.1. The molecule has 1 atom stereocenters. The predicted molar refractivity (Wildman–Crippen MR) is 67.7 cm³/mol. The van der Waals surface area contributed by atoms with E-state index in [0.29, 0.717) is 6.54 Å². The van der Waals surface area contributed by atoms with E-state index in [1.807, 2.05) is 31.2 Å². The minimum Gasteiger partial charge on any atom is -0.392 e. The summed E-state index contributed by atoms with van der Waals surface area (Å²) in [5.41, 5.74) is 2.03. The van der Waals surface area contributed by atoms with Gasteiger partial charge in [-0.25, -0.2) is 0 Å². The summed E-state index contributed by atoms with van der Waals surface area (Å²) in [7, 11) is 0. The van der Waals surface area contributed by atoms with Gasteiger partial charge in [-0.15, -0.1) is 0 Å². The molecule has 0 fully saturated rings. The smallest absolute Gasteiger partial charge is 0.309 e. The number of aliphatic hydroxyl groups excluding tert-OH is 1. The molecule has 0 saturated carbocycles. The first-order valence-electron chi connectivity index (χ1n) is 5.78. The largest absolute Gasteiger partial charge is 0.392 e. The SMILES string of the molecule is Cc1cccc(CNC(=O)C(=O)NC[C@H](C)O)c1. The van der Waals surface area contributed by atoms with E-state index in [9.17, 15) is 9.59 Å². The Hall–Kier alpha value is -1.88. The van der Waals surface area contributed by atoms with E-state index in [0.717, 1.165) is 11.1 Å². The van der Waals surface area contributed by atoms with Crippen molar-refractivity contribution >= 4 is 11.8 Å². The number of carbonyl (C=O) groups is 2. The number of aliphatic hydroxyl groups is 1. The molecule has 1 aromatic carbocycles. The van der Waals surface area contributed by atoms with Crippen LogP contribution in [0.15, 0.2) is 24.3 Å². The monoisotopic (exact) mass is 250 g/mol. The highest BCUT2D eigenvalue weighted by Crippen LogP contribution is 2.02. The summed E-state index contributed by atoms with van der Waals surface area (Å²) >= 11 is 0. The summed E-state index contributed by atoms with van der Waals surface area (Å²) in [5.74, 6) is -1.43. The van der Waals surface area contributed by atoms with E-state index in [2.05, 4.69) is 10.6 Å². The van der Waals surface area contributed by atoms with Gasteiger partial charge < -0.3 is 15.7 Å². The number of nitrogens with one attached hydrogen (secondary N) is 2. The zero-order chi connectivity index (χ0) is 13.5. The van der Waals surface area contributed by atoms with Gasteiger partial charge in [-0.05, 0) is 19.4 Å². The van der Waals surface area contributed by atoms with Crippen LogP contribution in [-0.4, -0.2) is 29.6 Å². The molecule has 0 aliphatic heterocycles. The molecule has 0 aromatic heterocycles. The van der Waals surface area contributed by atoms with Crippen molar-refractivity contribution in [3.8, 4) is 0 Å². The van der Waals surface area contributed by atoms with Crippen molar-refractivity contribution in [3.05, 3.63) is 35.4 Å². The van der Waals surface area contributed by atoms with E-state index in [-0.39, 0.29) is 6.54 Å². The molecule has 0 unspecified atom stereocenters. The van der Waals surface area contributed by atoms with Crippen molar-refractivity contribution in [1.29, 1.82) is 0 Å². The molecule has 0 heterocycles. The molecule has 0 bridgehead atoms. The van der Waals surface area contributed by atoms with Gasteiger partial charge in [0.25, 0.3) is 0 Å². The number of carbonyl (C=O) groups excluding carboxylic acids is 2. The number of amides is 2. The van der Waals surface area contributed by atoms with E-state index >= 15 is 0 Å². The molecule has 1 rings (SSSR count). The molecule has 18 heavy (non-hydrogen) atoms. The molecule has 5 heteroatoms. The molecule has 0 saturated heterocycles. The Kier molecular flexibility index (Phi) is 5.32. The van der Waals surface area contributed by atoms with Crippen LogP contribution in [0.4, 0.5) is 0 Å². The Bertz CT molecular complexity index is 430. The van der Waals surface area contributed by atoms with Crippen molar-refractivity contribution < 1.29 is 14.7 Å². The van der Waals surface area contributed by atoms with E-state index in [1.54, 1.807) is 0 Å². The van der Waals surface area contributed by atoms with Crippen molar-refractivity contribution in [2.75, 3.05) is 6.54 Å². The molecule has 3 N–H and O–H groups in total. The third kappa shape index (κ3) is 4.97. The fourth-order valence-electron chi connectivity index (χ4n) is 1.41. The average Bonchev–Trinajstić information content (AvgIpc) is 2.33. The van der Waals surface area contributed by atoms with Crippen LogP contribution >= 0.6 is 0 Å². The zero-order valence-electron chi connectivity index (χ0n) is 10.6. The van der Waals surface area contributed by atoms with Crippen LogP contribution in [-0.2, 0) is 16.1 Å². The highest BCUT2D eigenvalue weighted by molar-refractivity contribution is 6.35. The van der Waals surface area contributed by atoms with Crippen LogP contribution in [0.5, 0.6) is 0 Å². The van der Waals surface area contributed by atoms with Gasteiger partial charge in [-0.3, -0.25) is 9.59 Å². The standard InChI is InChI=1S/C13H18N2O3/c1-9-4-3-5-11(6-9)8-15-13(18)12(17)14-7-10(2)16/h3-6,10,16H,7-8H2,1-2H3,(H,14,17)(H,15,18)/t10-/m0/s1. The normalized spacial score (nSPS) is 11.7. The fourth-order valence-corrected chi connectivity index (χ4v) is 1.41. The maximum absolute atomic E-state index is 11.4. The number of rotatable bonds is 4. The maximum atomic E-state index is 11.4. The van der Waals surface area contributed by atoms with Crippen LogP contribution < -0.4 is 10.6 Å². The van der Waals surface area contributed by atoms with E-state index < -0.39 is 17.9 Å². The molecule has 0 aliphatic rings. The van der Waals surface area contributed by atoms with Crippen LogP contribution in [0.25, 0.3) is 0 Å². The number of aryl methyl sites for hydroxylation is 1. The summed E-state index contributed by atoms with van der Waals surface area (Å²) in [4.78, 5) is 22.7. The Morgan fingerprint density at radius 3 is 2.56 bits per heavy atom. The first kappa shape index (κ1) is 14.2. The second-order valence-electron chi connectivity index (χ2n) is 4.23. The molecule has 0 spiro atoms. The summed E-state index contributed by atoms with van der Waals surface area (Å²) < 4.78 is 0. The Morgan fingerprint density at radius 1 is 1.28 bits per heavy atom. The van der Waals surface area contributed by atoms with Crippen LogP contribution in [0, 0.1) is 6.92 Å². The fraction of sp³-hybridized carbons (Fsp3) is 0.385. The molecule has 2 amide bonds. The lowest BCUT2D eigenvalue weighted by Crippen LogP contribution is -2.42. The lowest BCUT2D eigenvalue weighted by Gasteiger charge is -2.08. The van der Waals surface area contributed by atoms with Crippen molar-refractivity contribution in [3.63, 3.8) is 0 Å². The molecule has 1 aromatic rings. The van der Waals surface area contributed by atoms with Crippen molar-refractivity contribution in [1.82, 2.24) is 10.6 Å². The minimum atomic E-state index is -0.733. The van der Waals surface area contributed by atoms with Gasteiger partial charge in [0.1, 0.15) is 0 Å². The first-order chi connectivity index (χ1) is 8.49. The van der Waals surface area contributed by atoms with Gasteiger partial charge in [-0.2, -0.15) is 0 Å². The summed E-state index contributed by atoms with van der Waals surface area (Å²) in [6, 6.07) is 7.67. The molecule has 98 valence electrons. The van der Waals surface area contributed by atoms with E-state index in [1.165, 1.54) is 6.92 Å². The number of benzene rings is 1. The molecular weight excluding hydrogens is 232 g/mol. The Morgan fingerprint density at radius 2 is 1.94 bits per heavy atom. The third-order valence-corrected chi connectivity index (χ3v) is 2.30. The molecular formula is C13H18N2O3. The number of hydrogen-bond donors (Lipinski definition) is 3. The lowest BCUT2D eigenvalue weighted by molar-refractivity contribution is -0.139. The highest BCUT2D eigenvalue weighted by Gasteiger charge is 2.12. The van der Waals surface area contributed by atoms with Crippen LogP contribution in [0.1, 0.15) is 18.1 Å². The highest BCUT2D eigenvalue weighted by atomic mass is 16.3. The summed E-state index contributed by atoms with van der Waals surface area (Å²) in [5, 5.41) is 13.8. The second kappa shape index (κ2) is 6.76. The van der Waals surface area contributed by atoms with Crippen LogP contribution in [0.2, 0.25) is 0 Å². The minimum absolute atomic E-state index is 0.0662. The predicted octanol–water partition coefficient (Wildman–Crippen LogP) is 0.108. The second-order valence-corrected chi connectivity index (χ2v) is 4.23. The van der Waals surface area contributed by atoms with Gasteiger partial charge in [-0.1, -0.05) is 29.8 Å². The Balaban J connectivity index is 2.39. The number of hydrogen-bond acceptors (Lipinski definition) is 3. The summed E-state index contributed by atoms with van der Waals surface area (Å²) in [6.07, 6.45) is -0.668. The Labute approximate surface area is 106 Å². The molecule has 0 aliphatic carbocycles. The zero-order valence-corrected chi connectivity index (χ0v) is 10.6. The van der Waals surface area contributed by atoms with Crippen LogP contribution in [0.3, 0.4) is 0 Å². The van der Waals surface area contributed by atoms with Gasteiger partial charge in [0, 0.05) is 13.1 Å². The topological polar surface area (TPSA) is 78.4 Å². The first-order valence-corrected chi connectivity index (χ1v) is 5.78. The van der Waals surface area contributed by atoms with Gasteiger partial charge in [0.2, 0.25) is 0 Å². The average molecular weight is 250 g/mol.